The molecule has 0 bridgehead atoms. The fraction of sp³-hybridized carbons (Fsp3) is 0.300. The van der Waals surface area contributed by atoms with Gasteiger partial charge < -0.3 is 5.32 Å². The monoisotopic (exact) mass is 368 g/mol. The van der Waals surface area contributed by atoms with Crippen molar-refractivity contribution >= 4 is 28.6 Å². The number of thiophene rings is 1. The molecule has 0 fully saturated rings. The fourth-order valence-electron chi connectivity index (χ4n) is 3.44. The van der Waals surface area contributed by atoms with E-state index in [1.54, 1.807) is 22.7 Å². The van der Waals surface area contributed by atoms with Gasteiger partial charge in [-0.25, -0.2) is 4.98 Å². The quantitative estimate of drug-likeness (QED) is 0.712. The minimum absolute atomic E-state index is 0.0604. The number of hydrogen-bond donors (Lipinski definition) is 1. The number of benzene rings is 1. The summed E-state index contributed by atoms with van der Waals surface area (Å²) in [6.45, 7) is 0.720. The van der Waals surface area contributed by atoms with Crippen molar-refractivity contribution < 1.29 is 4.79 Å². The van der Waals surface area contributed by atoms with Gasteiger partial charge in [-0.15, -0.1) is 11.3 Å². The summed E-state index contributed by atoms with van der Waals surface area (Å²) in [5, 5.41) is 10.2. The molecule has 1 atom stereocenters. The number of fused-ring (bicyclic) bond motifs is 1. The first-order valence-electron chi connectivity index (χ1n) is 8.61. The largest absolute Gasteiger partial charge is 0.355 e. The molecular formula is C20H20N2OS2. The molecule has 0 aliphatic heterocycles. The third-order valence-electron chi connectivity index (χ3n) is 4.70. The Balaban J connectivity index is 1.34. The predicted octanol–water partition coefficient (Wildman–Crippen LogP) is 4.65. The lowest BCUT2D eigenvalue weighted by Crippen LogP contribution is -2.31. The zero-order valence-electron chi connectivity index (χ0n) is 13.9. The molecule has 5 heteroatoms. The summed E-state index contributed by atoms with van der Waals surface area (Å²) >= 11 is 3.26. The number of thiazole rings is 1. The number of amides is 1. The lowest BCUT2D eigenvalue weighted by molar-refractivity contribution is -0.120. The van der Waals surface area contributed by atoms with Gasteiger partial charge in [0, 0.05) is 28.8 Å². The zero-order valence-corrected chi connectivity index (χ0v) is 15.5. The number of nitrogens with one attached hydrogen (secondary N) is 1. The number of nitrogens with zero attached hydrogens (tertiary/aromatic N) is 1. The van der Waals surface area contributed by atoms with E-state index < -0.39 is 0 Å². The van der Waals surface area contributed by atoms with E-state index >= 15 is 0 Å². The number of aromatic nitrogens is 1. The highest BCUT2D eigenvalue weighted by Crippen LogP contribution is 2.31. The molecule has 1 amide bonds. The minimum Gasteiger partial charge on any atom is -0.355 e. The van der Waals surface area contributed by atoms with Crippen molar-refractivity contribution in [2.75, 3.05) is 6.54 Å². The second-order valence-electron chi connectivity index (χ2n) is 6.42. The van der Waals surface area contributed by atoms with E-state index in [1.165, 1.54) is 17.5 Å². The summed E-state index contributed by atoms with van der Waals surface area (Å²) in [6, 6.07) is 10.7. The zero-order chi connectivity index (χ0) is 17.1. The van der Waals surface area contributed by atoms with Crippen LogP contribution in [0.5, 0.6) is 0 Å². The van der Waals surface area contributed by atoms with Crippen LogP contribution in [-0.4, -0.2) is 17.4 Å². The van der Waals surface area contributed by atoms with E-state index in [0.29, 0.717) is 12.3 Å². The lowest BCUT2D eigenvalue weighted by atomic mass is 9.83. The first kappa shape index (κ1) is 16.5. The smallest absolute Gasteiger partial charge is 0.226 e. The van der Waals surface area contributed by atoms with E-state index in [9.17, 15) is 4.79 Å². The van der Waals surface area contributed by atoms with Crippen LogP contribution in [0.4, 0.5) is 0 Å². The van der Waals surface area contributed by atoms with Crippen LogP contribution in [0, 0.1) is 0 Å². The van der Waals surface area contributed by atoms with E-state index in [1.807, 2.05) is 10.8 Å². The second kappa shape index (κ2) is 7.50. The van der Waals surface area contributed by atoms with Gasteiger partial charge >= 0.3 is 0 Å². The minimum atomic E-state index is 0.0604. The molecule has 1 aliphatic rings. The predicted molar refractivity (Wildman–Crippen MR) is 104 cm³/mol. The molecule has 0 radical (unpaired) electrons. The van der Waals surface area contributed by atoms with Gasteiger partial charge in [0.15, 0.2) is 0 Å². The van der Waals surface area contributed by atoms with Crippen molar-refractivity contribution in [2.24, 2.45) is 0 Å². The normalized spacial score (nSPS) is 16.4. The van der Waals surface area contributed by atoms with Crippen molar-refractivity contribution in [3.05, 3.63) is 63.3 Å². The van der Waals surface area contributed by atoms with Gasteiger partial charge in [0.1, 0.15) is 5.01 Å². The number of carbonyl (C=O) groups excluding carboxylic acids is 1. The van der Waals surface area contributed by atoms with Gasteiger partial charge in [-0.1, -0.05) is 24.3 Å². The van der Waals surface area contributed by atoms with Crippen LogP contribution in [0.1, 0.15) is 35.6 Å². The van der Waals surface area contributed by atoms with Crippen molar-refractivity contribution in [1.29, 1.82) is 0 Å². The average Bonchev–Trinajstić information content (AvgIpc) is 3.31. The van der Waals surface area contributed by atoms with Crippen LogP contribution >= 0.6 is 22.7 Å². The number of aryl methyl sites for hydroxylation is 1. The van der Waals surface area contributed by atoms with Crippen LogP contribution in [0.2, 0.25) is 0 Å². The topological polar surface area (TPSA) is 42.0 Å². The molecule has 128 valence electrons. The first-order chi connectivity index (χ1) is 12.3. The molecule has 3 nitrogen and oxygen atoms in total. The van der Waals surface area contributed by atoms with Gasteiger partial charge in [-0.05, 0) is 41.8 Å². The first-order valence-corrected chi connectivity index (χ1v) is 10.4. The van der Waals surface area contributed by atoms with Crippen molar-refractivity contribution in [1.82, 2.24) is 10.3 Å². The van der Waals surface area contributed by atoms with Crippen LogP contribution in [0.25, 0.3) is 10.6 Å². The second-order valence-corrected chi connectivity index (χ2v) is 8.06. The summed E-state index contributed by atoms with van der Waals surface area (Å²) in [4.78, 5) is 16.9. The Labute approximate surface area is 155 Å². The lowest BCUT2D eigenvalue weighted by Gasteiger charge is -2.25. The van der Waals surface area contributed by atoms with E-state index in [0.717, 1.165) is 35.7 Å². The molecule has 2 heterocycles. The van der Waals surface area contributed by atoms with Crippen LogP contribution < -0.4 is 5.32 Å². The maximum Gasteiger partial charge on any atom is 0.226 e. The summed E-state index contributed by atoms with van der Waals surface area (Å²) in [5.41, 5.74) is 4.84. The van der Waals surface area contributed by atoms with Crippen LogP contribution in [0.15, 0.2) is 46.5 Å². The highest BCUT2D eigenvalue weighted by Gasteiger charge is 2.20. The van der Waals surface area contributed by atoms with Crippen molar-refractivity contribution in [3.8, 4) is 10.6 Å². The van der Waals surface area contributed by atoms with Gasteiger partial charge in [-0.3, -0.25) is 4.79 Å². The Morgan fingerprint density at radius 1 is 1.24 bits per heavy atom. The Morgan fingerprint density at radius 2 is 2.16 bits per heavy atom. The highest BCUT2D eigenvalue weighted by molar-refractivity contribution is 7.14. The number of hydrogen-bond acceptors (Lipinski definition) is 4. The van der Waals surface area contributed by atoms with Crippen molar-refractivity contribution in [3.63, 3.8) is 0 Å². The summed E-state index contributed by atoms with van der Waals surface area (Å²) < 4.78 is 0. The Hall–Kier alpha value is -1.98. The fourth-order valence-corrected chi connectivity index (χ4v) is 4.97. The Kier molecular flexibility index (Phi) is 4.95. The SMILES string of the molecule is O=C(Cc1csc(-c2ccsc2)n1)NCC1CCCc2ccccc21. The molecule has 0 saturated carbocycles. The van der Waals surface area contributed by atoms with E-state index in [4.69, 9.17) is 0 Å². The third kappa shape index (κ3) is 3.83. The molecule has 1 aliphatic carbocycles. The summed E-state index contributed by atoms with van der Waals surface area (Å²) in [7, 11) is 0. The molecule has 1 unspecified atom stereocenters. The molecule has 0 spiro atoms. The molecule has 1 aromatic carbocycles. The number of carbonyl (C=O) groups is 1. The molecule has 3 aromatic rings. The standard InChI is InChI=1S/C20H20N2OS2/c23-19(10-17-13-25-20(22-17)16-8-9-24-12-16)21-11-15-6-3-5-14-4-1-2-7-18(14)15/h1-2,4,7-9,12-13,15H,3,5-6,10-11H2,(H,21,23). The molecule has 4 rings (SSSR count). The van der Waals surface area contributed by atoms with Gasteiger partial charge in [0.2, 0.25) is 5.91 Å². The Morgan fingerprint density at radius 3 is 3.04 bits per heavy atom. The molecular weight excluding hydrogens is 348 g/mol. The van der Waals surface area contributed by atoms with Crippen LogP contribution in [-0.2, 0) is 17.6 Å². The highest BCUT2D eigenvalue weighted by atomic mass is 32.1. The average molecular weight is 369 g/mol. The van der Waals surface area contributed by atoms with Gasteiger partial charge in [-0.2, -0.15) is 11.3 Å². The maximum atomic E-state index is 12.3. The van der Waals surface area contributed by atoms with Gasteiger partial charge in [0.25, 0.3) is 0 Å². The summed E-state index contributed by atoms with van der Waals surface area (Å²) in [5.74, 6) is 0.496. The van der Waals surface area contributed by atoms with Crippen molar-refractivity contribution in [2.45, 2.75) is 31.6 Å². The van der Waals surface area contributed by atoms with E-state index in [2.05, 4.69) is 46.0 Å². The maximum absolute atomic E-state index is 12.3. The van der Waals surface area contributed by atoms with E-state index in [-0.39, 0.29) is 5.91 Å². The van der Waals surface area contributed by atoms with Crippen LogP contribution in [0.3, 0.4) is 0 Å². The molecule has 0 saturated heterocycles. The Bertz CT molecular complexity index is 854. The molecule has 2 aromatic heterocycles. The molecule has 1 N–H and O–H groups in total. The number of rotatable bonds is 5. The molecule has 25 heavy (non-hydrogen) atoms. The third-order valence-corrected chi connectivity index (χ3v) is 6.32. The summed E-state index contributed by atoms with van der Waals surface area (Å²) in [6.07, 6.45) is 3.86. The van der Waals surface area contributed by atoms with Gasteiger partial charge in [0.05, 0.1) is 12.1 Å².